The van der Waals surface area contributed by atoms with Crippen LogP contribution in [0.3, 0.4) is 0 Å². The first-order valence-corrected chi connectivity index (χ1v) is 9.91. The third-order valence-electron chi connectivity index (χ3n) is 4.34. The van der Waals surface area contributed by atoms with Crippen molar-refractivity contribution in [3.63, 3.8) is 0 Å². The molecule has 1 unspecified atom stereocenters. The van der Waals surface area contributed by atoms with E-state index in [9.17, 15) is 4.79 Å². The van der Waals surface area contributed by atoms with E-state index in [1.807, 2.05) is 43.9 Å². The number of aliphatic imine (C=N–C) groups is 1. The molecule has 0 radical (unpaired) electrons. The summed E-state index contributed by atoms with van der Waals surface area (Å²) in [5.74, 6) is 1.21. The lowest BCUT2D eigenvalue weighted by Crippen LogP contribution is -2.47. The topological polar surface area (TPSA) is 66.0 Å². The summed E-state index contributed by atoms with van der Waals surface area (Å²) in [4.78, 5) is 18.8. The summed E-state index contributed by atoms with van der Waals surface area (Å²) in [7, 11) is 0. The van der Waals surface area contributed by atoms with Gasteiger partial charge in [0.2, 0.25) is 0 Å². The van der Waals surface area contributed by atoms with E-state index >= 15 is 0 Å². The first-order chi connectivity index (χ1) is 12.9. The van der Waals surface area contributed by atoms with Crippen LogP contribution in [0.4, 0.5) is 4.79 Å². The number of piperidine rings is 1. The Morgan fingerprint density at radius 1 is 1.26 bits per heavy atom. The van der Waals surface area contributed by atoms with E-state index in [-0.39, 0.29) is 6.09 Å². The maximum atomic E-state index is 12.3. The van der Waals surface area contributed by atoms with Gasteiger partial charge >= 0.3 is 6.09 Å². The lowest BCUT2D eigenvalue weighted by Gasteiger charge is -2.34. The second-order valence-electron chi connectivity index (χ2n) is 8.00. The maximum Gasteiger partial charge on any atom is 0.410 e. The van der Waals surface area contributed by atoms with Crippen molar-refractivity contribution in [2.75, 3.05) is 26.2 Å². The van der Waals surface area contributed by atoms with Gasteiger partial charge in [-0.2, -0.15) is 0 Å². The van der Waals surface area contributed by atoms with E-state index in [0.717, 1.165) is 45.0 Å². The van der Waals surface area contributed by atoms with E-state index in [1.165, 1.54) is 5.56 Å². The van der Waals surface area contributed by atoms with Gasteiger partial charge in [0.15, 0.2) is 5.96 Å². The normalized spacial score (nSPS) is 18.1. The zero-order valence-electron chi connectivity index (χ0n) is 17.1. The third-order valence-corrected chi connectivity index (χ3v) is 4.34. The van der Waals surface area contributed by atoms with Crippen LogP contribution in [0.5, 0.6) is 0 Å². The molecule has 2 N–H and O–H groups in total. The molecule has 0 aromatic heterocycles. The number of nitrogens with zero attached hydrogens (tertiary/aromatic N) is 2. The Kier molecular flexibility index (Phi) is 7.95. The van der Waals surface area contributed by atoms with Crippen molar-refractivity contribution >= 4 is 12.1 Å². The first kappa shape index (κ1) is 21.1. The molecule has 1 amide bonds. The number of carbonyl (C=O) groups excluding carboxylic acids is 1. The van der Waals surface area contributed by atoms with Crippen LogP contribution in [-0.2, 0) is 11.3 Å². The fraction of sp³-hybridized carbons (Fsp3) is 0.619. The van der Waals surface area contributed by atoms with Crippen molar-refractivity contribution in [2.45, 2.75) is 52.7 Å². The van der Waals surface area contributed by atoms with E-state index in [1.54, 1.807) is 0 Å². The van der Waals surface area contributed by atoms with Crippen LogP contribution < -0.4 is 10.6 Å². The fourth-order valence-corrected chi connectivity index (χ4v) is 3.06. The highest BCUT2D eigenvalue weighted by Gasteiger charge is 2.27. The molecule has 1 atom stereocenters. The van der Waals surface area contributed by atoms with Crippen LogP contribution >= 0.6 is 0 Å². The average Bonchev–Trinajstić information content (AvgIpc) is 2.64. The average molecular weight is 375 g/mol. The quantitative estimate of drug-likeness (QED) is 0.612. The van der Waals surface area contributed by atoms with Crippen LogP contribution in [0, 0.1) is 5.92 Å². The van der Waals surface area contributed by atoms with E-state index < -0.39 is 5.60 Å². The number of hydrogen-bond acceptors (Lipinski definition) is 3. The molecule has 6 nitrogen and oxygen atoms in total. The molecular formula is C21H34N4O2. The molecule has 1 aliphatic rings. The lowest BCUT2D eigenvalue weighted by molar-refractivity contribution is 0.0168. The molecular weight excluding hydrogens is 340 g/mol. The predicted octanol–water partition coefficient (Wildman–Crippen LogP) is 3.39. The van der Waals surface area contributed by atoms with Crippen LogP contribution in [0.25, 0.3) is 0 Å². The van der Waals surface area contributed by atoms with Crippen LogP contribution in [-0.4, -0.2) is 48.7 Å². The molecule has 0 spiro atoms. The van der Waals surface area contributed by atoms with Gasteiger partial charge in [-0.15, -0.1) is 0 Å². The molecule has 1 aromatic carbocycles. The van der Waals surface area contributed by atoms with Gasteiger partial charge < -0.3 is 20.3 Å². The Morgan fingerprint density at radius 3 is 2.67 bits per heavy atom. The first-order valence-electron chi connectivity index (χ1n) is 9.91. The van der Waals surface area contributed by atoms with Crippen molar-refractivity contribution in [1.82, 2.24) is 15.5 Å². The molecule has 1 saturated heterocycles. The number of carbonyl (C=O) groups is 1. The molecule has 1 fully saturated rings. The molecule has 1 heterocycles. The van der Waals surface area contributed by atoms with Gasteiger partial charge in [0.1, 0.15) is 5.60 Å². The Bertz CT molecular complexity index is 610. The molecule has 2 rings (SSSR count). The molecule has 0 aliphatic carbocycles. The van der Waals surface area contributed by atoms with Crippen molar-refractivity contribution in [2.24, 2.45) is 10.9 Å². The third kappa shape index (κ3) is 7.89. The molecule has 1 aliphatic heterocycles. The Balaban J connectivity index is 1.85. The van der Waals surface area contributed by atoms with Crippen LogP contribution in [0.15, 0.2) is 35.3 Å². The maximum absolute atomic E-state index is 12.3. The fourth-order valence-electron chi connectivity index (χ4n) is 3.06. The molecule has 150 valence electrons. The predicted molar refractivity (Wildman–Crippen MR) is 110 cm³/mol. The highest BCUT2D eigenvalue weighted by atomic mass is 16.6. The number of hydrogen-bond donors (Lipinski definition) is 2. The summed E-state index contributed by atoms with van der Waals surface area (Å²) in [5, 5.41) is 6.72. The second kappa shape index (κ2) is 10.2. The summed E-state index contributed by atoms with van der Waals surface area (Å²) < 4.78 is 5.51. The number of ether oxygens (including phenoxy) is 1. The van der Waals surface area contributed by atoms with Gasteiger partial charge in [-0.25, -0.2) is 9.79 Å². The number of nitrogens with one attached hydrogen (secondary N) is 2. The summed E-state index contributed by atoms with van der Waals surface area (Å²) >= 11 is 0. The van der Waals surface area contributed by atoms with Gasteiger partial charge in [0.05, 0.1) is 6.54 Å². The van der Waals surface area contributed by atoms with E-state index in [2.05, 4.69) is 34.7 Å². The standard InChI is InChI=1S/C21H34N4O2/c1-5-22-19(23-14-17-10-7-6-8-11-17)24-15-18-12-9-13-25(16-18)20(26)27-21(2,3)4/h6-8,10-11,18H,5,9,12-16H2,1-4H3,(H2,22,23,24). The van der Waals surface area contributed by atoms with Crippen molar-refractivity contribution in [3.05, 3.63) is 35.9 Å². The number of rotatable bonds is 5. The molecule has 0 saturated carbocycles. The highest BCUT2D eigenvalue weighted by Crippen LogP contribution is 2.18. The Labute approximate surface area is 163 Å². The molecule has 0 bridgehead atoms. The summed E-state index contributed by atoms with van der Waals surface area (Å²) in [6, 6.07) is 10.2. The zero-order chi connectivity index (χ0) is 19.7. The summed E-state index contributed by atoms with van der Waals surface area (Å²) in [6.45, 7) is 11.5. The highest BCUT2D eigenvalue weighted by molar-refractivity contribution is 5.79. The molecule has 27 heavy (non-hydrogen) atoms. The zero-order valence-corrected chi connectivity index (χ0v) is 17.1. The smallest absolute Gasteiger partial charge is 0.410 e. The number of amides is 1. The van der Waals surface area contributed by atoms with E-state index in [0.29, 0.717) is 12.5 Å². The minimum atomic E-state index is -0.454. The Morgan fingerprint density at radius 2 is 2.00 bits per heavy atom. The van der Waals surface area contributed by atoms with E-state index in [4.69, 9.17) is 4.74 Å². The number of likely N-dealkylation sites (tertiary alicyclic amines) is 1. The molecule has 6 heteroatoms. The second-order valence-corrected chi connectivity index (χ2v) is 8.00. The lowest BCUT2D eigenvalue weighted by atomic mass is 9.98. The van der Waals surface area contributed by atoms with Crippen molar-refractivity contribution < 1.29 is 9.53 Å². The summed E-state index contributed by atoms with van der Waals surface area (Å²) in [5.41, 5.74) is 0.730. The van der Waals surface area contributed by atoms with Gasteiger partial charge in [0, 0.05) is 26.2 Å². The van der Waals surface area contributed by atoms with Gasteiger partial charge in [-0.05, 0) is 52.0 Å². The van der Waals surface area contributed by atoms with Crippen LogP contribution in [0.1, 0.15) is 46.1 Å². The Hall–Kier alpha value is -2.24. The van der Waals surface area contributed by atoms with Gasteiger partial charge in [-0.3, -0.25) is 0 Å². The number of benzene rings is 1. The largest absolute Gasteiger partial charge is 0.444 e. The van der Waals surface area contributed by atoms with Crippen LogP contribution in [0.2, 0.25) is 0 Å². The minimum Gasteiger partial charge on any atom is -0.444 e. The van der Waals surface area contributed by atoms with Gasteiger partial charge in [-0.1, -0.05) is 30.3 Å². The van der Waals surface area contributed by atoms with Crippen molar-refractivity contribution in [3.8, 4) is 0 Å². The minimum absolute atomic E-state index is 0.211. The van der Waals surface area contributed by atoms with Crippen molar-refractivity contribution in [1.29, 1.82) is 0 Å². The van der Waals surface area contributed by atoms with Gasteiger partial charge in [0.25, 0.3) is 0 Å². The monoisotopic (exact) mass is 374 g/mol. The SMILES string of the molecule is CCNC(=NCc1ccccc1)NCC1CCCN(C(=O)OC(C)(C)C)C1. The summed E-state index contributed by atoms with van der Waals surface area (Å²) in [6.07, 6.45) is 1.89. The molecule has 1 aromatic rings. The number of guanidine groups is 1.